The minimum atomic E-state index is -0.674. The highest BCUT2D eigenvalue weighted by atomic mass is 16.1. The molecule has 0 fully saturated rings. The summed E-state index contributed by atoms with van der Waals surface area (Å²) in [7, 11) is 0. The second-order valence-electron chi connectivity index (χ2n) is 4.77. The molecule has 0 aromatic carbocycles. The quantitative estimate of drug-likeness (QED) is 0.571. The number of carbonyl (C=O) groups excluding carboxylic acids is 2. The average Bonchev–Trinajstić information content (AvgIpc) is 2.41. The van der Waals surface area contributed by atoms with Crippen LogP contribution >= 0.6 is 0 Å². The van der Waals surface area contributed by atoms with E-state index in [1.165, 1.54) is 0 Å². The van der Waals surface area contributed by atoms with Gasteiger partial charge in [-0.15, -0.1) is 0 Å². The normalized spacial score (nSPS) is 31.6. The number of rotatable bonds is 4. The summed E-state index contributed by atoms with van der Waals surface area (Å²) in [4.78, 5) is 29.3. The van der Waals surface area contributed by atoms with Crippen LogP contribution in [0.15, 0.2) is 58.6 Å². The van der Waals surface area contributed by atoms with Gasteiger partial charge in [-0.1, -0.05) is 48.6 Å². The van der Waals surface area contributed by atoms with E-state index in [1.807, 2.05) is 48.6 Å². The molecule has 0 amide bonds. The molecule has 19 heavy (non-hydrogen) atoms. The zero-order valence-electron chi connectivity index (χ0n) is 10.5. The van der Waals surface area contributed by atoms with Crippen molar-refractivity contribution in [2.24, 2.45) is 9.98 Å². The van der Waals surface area contributed by atoms with Crippen molar-refractivity contribution >= 4 is 12.2 Å². The molecule has 4 heteroatoms. The Morgan fingerprint density at radius 3 is 1.63 bits per heavy atom. The minimum absolute atomic E-state index is 0.451. The van der Waals surface area contributed by atoms with Crippen LogP contribution in [-0.4, -0.2) is 23.2 Å². The third-order valence-corrected chi connectivity index (χ3v) is 3.40. The Bertz CT molecular complexity index is 511. The summed E-state index contributed by atoms with van der Waals surface area (Å²) in [5, 5.41) is 0. The van der Waals surface area contributed by atoms with Crippen LogP contribution in [-0.2, 0) is 9.59 Å². The highest BCUT2D eigenvalue weighted by Crippen LogP contribution is 2.37. The second kappa shape index (κ2) is 5.57. The van der Waals surface area contributed by atoms with Crippen molar-refractivity contribution in [2.75, 3.05) is 0 Å². The Morgan fingerprint density at radius 1 is 0.842 bits per heavy atom. The van der Waals surface area contributed by atoms with Crippen LogP contribution in [0.5, 0.6) is 0 Å². The van der Waals surface area contributed by atoms with Gasteiger partial charge in [0.2, 0.25) is 12.2 Å². The molecular formula is C15H14N2O2. The van der Waals surface area contributed by atoms with Gasteiger partial charge in [0.25, 0.3) is 0 Å². The molecule has 0 bridgehead atoms. The predicted molar refractivity (Wildman–Crippen MR) is 72.1 cm³/mol. The van der Waals surface area contributed by atoms with E-state index in [0.717, 1.165) is 0 Å². The number of hydrogen-bond acceptors (Lipinski definition) is 4. The first-order chi connectivity index (χ1) is 9.24. The summed E-state index contributed by atoms with van der Waals surface area (Å²) in [6, 6.07) is 0. The molecule has 0 N–H and O–H groups in total. The van der Waals surface area contributed by atoms with Crippen molar-refractivity contribution in [3.8, 4) is 0 Å². The molecule has 0 saturated carbocycles. The third kappa shape index (κ3) is 2.94. The van der Waals surface area contributed by atoms with Crippen molar-refractivity contribution in [1.29, 1.82) is 0 Å². The van der Waals surface area contributed by atoms with Gasteiger partial charge < -0.3 is 0 Å². The molecule has 0 aliphatic heterocycles. The maximum absolute atomic E-state index is 10.7. The summed E-state index contributed by atoms with van der Waals surface area (Å²) < 4.78 is 0. The van der Waals surface area contributed by atoms with Crippen LogP contribution < -0.4 is 0 Å². The molecule has 2 aliphatic carbocycles. The minimum Gasteiger partial charge on any atom is -0.211 e. The smallest absolute Gasteiger partial charge is 0.211 e. The summed E-state index contributed by atoms with van der Waals surface area (Å²) in [5.74, 6) is 0. The van der Waals surface area contributed by atoms with Gasteiger partial charge >= 0.3 is 0 Å². The van der Waals surface area contributed by atoms with Gasteiger partial charge in [-0.25, -0.2) is 9.59 Å². The van der Waals surface area contributed by atoms with E-state index in [0.29, 0.717) is 19.3 Å². The van der Waals surface area contributed by atoms with E-state index in [9.17, 15) is 9.59 Å². The van der Waals surface area contributed by atoms with Crippen LogP contribution in [0.2, 0.25) is 0 Å². The fourth-order valence-electron chi connectivity index (χ4n) is 2.53. The van der Waals surface area contributed by atoms with Crippen molar-refractivity contribution in [1.82, 2.24) is 0 Å². The van der Waals surface area contributed by atoms with Gasteiger partial charge in [0, 0.05) is 6.42 Å². The zero-order valence-corrected chi connectivity index (χ0v) is 10.5. The molecule has 0 aromatic heterocycles. The average molecular weight is 254 g/mol. The lowest BCUT2D eigenvalue weighted by Crippen LogP contribution is -2.37. The van der Waals surface area contributed by atoms with Crippen LogP contribution in [0, 0.1) is 0 Å². The topological polar surface area (TPSA) is 58.9 Å². The second-order valence-corrected chi connectivity index (χ2v) is 4.77. The molecule has 0 radical (unpaired) electrons. The van der Waals surface area contributed by atoms with Crippen molar-refractivity contribution < 1.29 is 9.59 Å². The summed E-state index contributed by atoms with van der Waals surface area (Å²) in [6.07, 6.45) is 20.1. The lowest BCUT2D eigenvalue weighted by molar-refractivity contribution is 0.369. The molecule has 0 heterocycles. The number of nitrogens with zero attached hydrogens (tertiary/aromatic N) is 2. The number of hydrogen-bond donors (Lipinski definition) is 0. The van der Waals surface area contributed by atoms with E-state index < -0.39 is 11.1 Å². The lowest BCUT2D eigenvalue weighted by Gasteiger charge is -2.34. The SMILES string of the molecule is O=C=NC1(CC2(N=C=O)C=CC=CC2)C=CC=CC1. The molecule has 0 saturated heterocycles. The number of allylic oxidation sites excluding steroid dienone is 4. The Balaban J connectivity index is 2.34. The highest BCUT2D eigenvalue weighted by Gasteiger charge is 2.38. The maximum atomic E-state index is 10.7. The Labute approximate surface area is 111 Å². The molecule has 4 nitrogen and oxygen atoms in total. The van der Waals surface area contributed by atoms with E-state index in [1.54, 1.807) is 12.2 Å². The first-order valence-electron chi connectivity index (χ1n) is 6.11. The van der Waals surface area contributed by atoms with Gasteiger partial charge in [0.05, 0.1) is 11.1 Å². The van der Waals surface area contributed by atoms with Crippen molar-refractivity contribution in [3.63, 3.8) is 0 Å². The van der Waals surface area contributed by atoms with Gasteiger partial charge in [0.1, 0.15) is 0 Å². The molecular weight excluding hydrogens is 240 g/mol. The van der Waals surface area contributed by atoms with Gasteiger partial charge in [-0.3, -0.25) is 0 Å². The van der Waals surface area contributed by atoms with E-state index >= 15 is 0 Å². The first-order valence-corrected chi connectivity index (χ1v) is 6.11. The van der Waals surface area contributed by atoms with E-state index in [4.69, 9.17) is 0 Å². The van der Waals surface area contributed by atoms with E-state index in [-0.39, 0.29) is 0 Å². The van der Waals surface area contributed by atoms with Crippen LogP contribution in [0.3, 0.4) is 0 Å². The van der Waals surface area contributed by atoms with Crippen molar-refractivity contribution in [3.05, 3.63) is 48.6 Å². The standard InChI is InChI=1S/C15H14N2O2/c18-12-16-14(7-3-1-4-8-14)11-15(17-13-19)9-5-2-6-10-15/h1-7,9H,8,10-11H2. The predicted octanol–water partition coefficient (Wildman–Crippen LogP) is 2.56. The van der Waals surface area contributed by atoms with E-state index in [2.05, 4.69) is 9.98 Å². The summed E-state index contributed by atoms with van der Waals surface area (Å²) >= 11 is 0. The summed E-state index contributed by atoms with van der Waals surface area (Å²) in [5.41, 5.74) is -1.35. The summed E-state index contributed by atoms with van der Waals surface area (Å²) in [6.45, 7) is 0. The van der Waals surface area contributed by atoms with Crippen molar-refractivity contribution in [2.45, 2.75) is 30.3 Å². The largest absolute Gasteiger partial charge is 0.235 e. The van der Waals surface area contributed by atoms with Crippen LogP contribution in [0.25, 0.3) is 0 Å². The van der Waals surface area contributed by atoms with Gasteiger partial charge in [-0.2, -0.15) is 9.98 Å². The first kappa shape index (κ1) is 13.2. The molecule has 2 atom stereocenters. The lowest BCUT2D eigenvalue weighted by atomic mass is 9.76. The highest BCUT2D eigenvalue weighted by molar-refractivity contribution is 5.42. The van der Waals surface area contributed by atoms with Crippen LogP contribution in [0.4, 0.5) is 0 Å². The monoisotopic (exact) mass is 254 g/mol. The fraction of sp³-hybridized carbons (Fsp3) is 0.333. The molecule has 0 spiro atoms. The molecule has 96 valence electrons. The zero-order chi connectivity index (χ0) is 13.6. The van der Waals surface area contributed by atoms with Crippen LogP contribution in [0.1, 0.15) is 19.3 Å². The maximum Gasteiger partial charge on any atom is 0.235 e. The van der Waals surface area contributed by atoms with Gasteiger partial charge in [-0.05, 0) is 12.8 Å². The number of aliphatic imine (C=N–C) groups is 2. The molecule has 2 unspecified atom stereocenters. The Kier molecular flexibility index (Phi) is 3.86. The molecule has 2 aliphatic rings. The Hall–Kier alpha value is -2.28. The Morgan fingerprint density at radius 2 is 1.32 bits per heavy atom. The third-order valence-electron chi connectivity index (χ3n) is 3.40. The molecule has 2 rings (SSSR count). The fourth-order valence-corrected chi connectivity index (χ4v) is 2.53. The van der Waals surface area contributed by atoms with Gasteiger partial charge in [0.15, 0.2) is 0 Å². The number of isocyanates is 2. The molecule has 0 aromatic rings.